The first-order valence-electron chi connectivity index (χ1n) is 8.78. The number of hydrogen-bond acceptors (Lipinski definition) is 6. The van der Waals surface area contributed by atoms with Gasteiger partial charge in [-0.2, -0.15) is 0 Å². The Kier molecular flexibility index (Phi) is 4.16. The lowest BCUT2D eigenvalue weighted by Gasteiger charge is -2.32. The summed E-state index contributed by atoms with van der Waals surface area (Å²) >= 11 is 1.78. The number of aryl methyl sites for hydroxylation is 2. The molecule has 1 fully saturated rings. The Morgan fingerprint density at radius 2 is 2.08 bits per heavy atom. The average molecular weight is 345 g/mol. The predicted molar refractivity (Wildman–Crippen MR) is 95.8 cm³/mol. The summed E-state index contributed by atoms with van der Waals surface area (Å²) in [6.45, 7) is 4.39. The monoisotopic (exact) mass is 345 g/mol. The zero-order chi connectivity index (χ0) is 16.7. The number of methoxy groups -OCH3 is 1. The highest BCUT2D eigenvalue weighted by Crippen LogP contribution is 2.41. The second kappa shape index (κ2) is 6.31. The molecule has 0 N–H and O–H groups in total. The number of thiophene rings is 1. The predicted octanol–water partition coefficient (Wildman–Crippen LogP) is 3.13. The minimum atomic E-state index is -0.281. The van der Waals surface area contributed by atoms with E-state index in [0.717, 1.165) is 42.5 Å². The molecule has 3 heterocycles. The van der Waals surface area contributed by atoms with E-state index in [9.17, 15) is 4.79 Å². The number of ether oxygens (including phenoxy) is 1. The van der Waals surface area contributed by atoms with E-state index in [4.69, 9.17) is 9.72 Å². The van der Waals surface area contributed by atoms with Gasteiger partial charge in [0.25, 0.3) is 0 Å². The van der Waals surface area contributed by atoms with E-state index in [0.29, 0.717) is 5.82 Å². The molecule has 0 atom stereocenters. The number of fused-ring (bicyclic) bond motifs is 3. The van der Waals surface area contributed by atoms with Crippen LogP contribution in [0.2, 0.25) is 0 Å². The minimum Gasteiger partial charge on any atom is -0.469 e. The van der Waals surface area contributed by atoms with Gasteiger partial charge in [0.05, 0.1) is 12.5 Å². The maximum absolute atomic E-state index is 11.7. The van der Waals surface area contributed by atoms with Crippen LogP contribution in [0.3, 0.4) is 0 Å². The summed E-state index contributed by atoms with van der Waals surface area (Å²) in [6.07, 6.45) is 6.06. The van der Waals surface area contributed by atoms with Crippen LogP contribution in [0.4, 0.5) is 5.82 Å². The molecule has 2 aromatic heterocycles. The Hall–Kier alpha value is -1.69. The highest BCUT2D eigenvalue weighted by atomic mass is 32.1. The van der Waals surface area contributed by atoms with Crippen LogP contribution in [0.15, 0.2) is 0 Å². The van der Waals surface area contributed by atoms with Gasteiger partial charge in [-0.15, -0.1) is 11.3 Å². The van der Waals surface area contributed by atoms with Crippen molar-refractivity contribution in [2.75, 3.05) is 25.1 Å². The first kappa shape index (κ1) is 15.8. The maximum Gasteiger partial charge on any atom is 0.313 e. The molecule has 0 bridgehead atoms. The van der Waals surface area contributed by atoms with E-state index in [-0.39, 0.29) is 12.4 Å². The number of hydrogen-bond donors (Lipinski definition) is 0. The number of esters is 1. The zero-order valence-electron chi connectivity index (χ0n) is 14.3. The third-order valence-electron chi connectivity index (χ3n) is 5.21. The second-order valence-corrected chi connectivity index (χ2v) is 8.01. The lowest BCUT2D eigenvalue weighted by atomic mass is 9.99. The van der Waals surface area contributed by atoms with Crippen LogP contribution < -0.4 is 4.90 Å². The molecule has 0 amide bonds. The van der Waals surface area contributed by atoms with Crippen molar-refractivity contribution in [2.24, 2.45) is 5.92 Å². The molecule has 2 aromatic rings. The molecule has 1 aliphatic carbocycles. The van der Waals surface area contributed by atoms with Crippen molar-refractivity contribution in [3.8, 4) is 0 Å². The fraction of sp³-hybridized carbons (Fsp3) is 0.611. The number of carbonyl (C=O) groups is 1. The van der Waals surface area contributed by atoms with Gasteiger partial charge in [-0.25, -0.2) is 9.97 Å². The summed E-state index contributed by atoms with van der Waals surface area (Å²) in [6, 6.07) is 0. The molecule has 0 aromatic carbocycles. The topological polar surface area (TPSA) is 55.3 Å². The van der Waals surface area contributed by atoms with Gasteiger partial charge < -0.3 is 9.64 Å². The van der Waals surface area contributed by atoms with Crippen LogP contribution in [-0.2, 0) is 28.8 Å². The average Bonchev–Trinajstić information content (AvgIpc) is 3.15. The first-order valence-corrected chi connectivity index (χ1v) is 9.60. The lowest BCUT2D eigenvalue weighted by Crippen LogP contribution is -2.34. The van der Waals surface area contributed by atoms with E-state index in [1.54, 1.807) is 11.3 Å². The molecule has 5 nitrogen and oxygen atoms in total. The Labute approximate surface area is 146 Å². The largest absolute Gasteiger partial charge is 0.469 e. The summed E-state index contributed by atoms with van der Waals surface area (Å²) in [4.78, 5) is 26.1. The van der Waals surface area contributed by atoms with E-state index >= 15 is 0 Å². The van der Waals surface area contributed by atoms with Gasteiger partial charge in [0.2, 0.25) is 0 Å². The molecule has 2 aliphatic rings. The molecule has 1 saturated heterocycles. The quantitative estimate of drug-likeness (QED) is 0.800. The van der Waals surface area contributed by atoms with Crippen molar-refractivity contribution in [2.45, 2.75) is 45.4 Å². The number of aromatic nitrogens is 2. The van der Waals surface area contributed by atoms with Crippen LogP contribution >= 0.6 is 11.3 Å². The van der Waals surface area contributed by atoms with Crippen molar-refractivity contribution in [3.63, 3.8) is 0 Å². The van der Waals surface area contributed by atoms with Gasteiger partial charge in [0.15, 0.2) is 0 Å². The summed E-state index contributed by atoms with van der Waals surface area (Å²) in [5.74, 6) is 2.13. The van der Waals surface area contributed by atoms with E-state index < -0.39 is 0 Å². The van der Waals surface area contributed by atoms with Crippen LogP contribution in [0.5, 0.6) is 0 Å². The highest BCUT2D eigenvalue weighted by Gasteiger charge is 2.26. The standard InChI is InChI=1S/C18H23N3O2S/c1-11-6-8-21(9-7-11)17-16-12-4-3-5-13(12)24-18(16)20-14(19-17)10-15(22)23-2/h11H,3-10H2,1-2H3. The fourth-order valence-corrected chi connectivity index (χ4v) is 5.02. The van der Waals surface area contributed by atoms with E-state index in [1.807, 2.05) is 0 Å². The van der Waals surface area contributed by atoms with E-state index in [1.165, 1.54) is 42.2 Å². The number of piperidine rings is 1. The van der Waals surface area contributed by atoms with Crippen molar-refractivity contribution in [1.82, 2.24) is 9.97 Å². The molecule has 6 heteroatoms. The third-order valence-corrected chi connectivity index (χ3v) is 6.39. The number of carbonyl (C=O) groups excluding carboxylic acids is 1. The maximum atomic E-state index is 11.7. The molecule has 4 rings (SSSR count). The van der Waals surface area contributed by atoms with Crippen molar-refractivity contribution < 1.29 is 9.53 Å². The Bertz CT molecular complexity index is 778. The van der Waals surface area contributed by atoms with Gasteiger partial charge in [-0.3, -0.25) is 4.79 Å². The third kappa shape index (κ3) is 2.77. The molecule has 0 radical (unpaired) electrons. The lowest BCUT2D eigenvalue weighted by molar-refractivity contribution is -0.139. The van der Waals surface area contributed by atoms with Crippen LogP contribution in [0.1, 0.15) is 42.5 Å². The van der Waals surface area contributed by atoms with Gasteiger partial charge in [-0.1, -0.05) is 6.92 Å². The van der Waals surface area contributed by atoms with Gasteiger partial charge in [0, 0.05) is 18.0 Å². The number of nitrogens with zero attached hydrogens (tertiary/aromatic N) is 3. The zero-order valence-corrected chi connectivity index (χ0v) is 15.1. The molecule has 24 heavy (non-hydrogen) atoms. The second-order valence-electron chi connectivity index (χ2n) is 6.92. The molecule has 0 spiro atoms. The van der Waals surface area contributed by atoms with Crippen LogP contribution in [0.25, 0.3) is 10.2 Å². The fourth-order valence-electron chi connectivity index (χ4n) is 3.75. The van der Waals surface area contributed by atoms with Crippen molar-refractivity contribution in [3.05, 3.63) is 16.3 Å². The Morgan fingerprint density at radius 1 is 1.29 bits per heavy atom. The molecule has 1 aliphatic heterocycles. The molecule has 0 unspecified atom stereocenters. The molecular weight excluding hydrogens is 322 g/mol. The summed E-state index contributed by atoms with van der Waals surface area (Å²) in [5.41, 5.74) is 1.45. The van der Waals surface area contributed by atoms with Gasteiger partial charge in [0.1, 0.15) is 22.9 Å². The van der Waals surface area contributed by atoms with Crippen LogP contribution in [0, 0.1) is 5.92 Å². The Balaban J connectivity index is 1.80. The first-order chi connectivity index (χ1) is 11.7. The van der Waals surface area contributed by atoms with E-state index in [2.05, 4.69) is 16.8 Å². The van der Waals surface area contributed by atoms with Crippen molar-refractivity contribution >= 4 is 33.3 Å². The number of rotatable bonds is 3. The molecule has 0 saturated carbocycles. The smallest absolute Gasteiger partial charge is 0.313 e. The van der Waals surface area contributed by atoms with Crippen molar-refractivity contribution in [1.29, 1.82) is 0 Å². The highest BCUT2D eigenvalue weighted by molar-refractivity contribution is 7.19. The summed E-state index contributed by atoms with van der Waals surface area (Å²) < 4.78 is 4.80. The molecule has 128 valence electrons. The van der Waals surface area contributed by atoms with Gasteiger partial charge >= 0.3 is 5.97 Å². The summed E-state index contributed by atoms with van der Waals surface area (Å²) in [7, 11) is 1.41. The van der Waals surface area contributed by atoms with Crippen LogP contribution in [-0.4, -0.2) is 36.1 Å². The normalized spacial score (nSPS) is 18.2. The number of anilines is 1. The minimum absolute atomic E-state index is 0.145. The van der Waals surface area contributed by atoms with Gasteiger partial charge in [-0.05, 0) is 43.6 Å². The Morgan fingerprint density at radius 3 is 2.83 bits per heavy atom. The summed E-state index contributed by atoms with van der Waals surface area (Å²) in [5, 5.41) is 1.25. The SMILES string of the molecule is COC(=O)Cc1nc(N2CCC(C)CC2)c2c3c(sc2n1)CCC3. The molecular formula is C18H23N3O2S.